The van der Waals surface area contributed by atoms with Gasteiger partial charge in [0.05, 0.1) is 7.11 Å². The van der Waals surface area contributed by atoms with Gasteiger partial charge in [0.25, 0.3) is 10.0 Å². The molecule has 0 saturated heterocycles. The number of carbonyl (C=O) groups excluding carboxylic acids is 1. The second kappa shape index (κ2) is 9.25. The summed E-state index contributed by atoms with van der Waals surface area (Å²) in [4.78, 5) is 16.1. The van der Waals surface area contributed by atoms with E-state index in [1.54, 1.807) is 12.1 Å². The summed E-state index contributed by atoms with van der Waals surface area (Å²) in [6.07, 6.45) is 2.52. The Morgan fingerprint density at radius 2 is 1.92 bits per heavy atom. The molecule has 26 heavy (non-hydrogen) atoms. The topological polar surface area (TPSA) is 85.4 Å². The van der Waals surface area contributed by atoms with Crippen molar-refractivity contribution in [2.75, 3.05) is 7.11 Å². The molecular formula is C18H21BrN2O4S. The molecule has 2 atom stereocenters. The SMILES string of the molecule is CC[C@@H](Cc1ccc(Br)cc1)[C@H](NS(=O)(=O)c1ccccn1)C(=O)OC. The van der Waals surface area contributed by atoms with E-state index in [4.69, 9.17) is 4.74 Å². The molecule has 1 aromatic carbocycles. The van der Waals surface area contributed by atoms with Crippen LogP contribution in [0.4, 0.5) is 0 Å². The van der Waals surface area contributed by atoms with E-state index in [-0.39, 0.29) is 10.9 Å². The van der Waals surface area contributed by atoms with Crippen molar-refractivity contribution >= 4 is 31.9 Å². The molecule has 2 rings (SSSR count). The minimum atomic E-state index is -3.94. The predicted molar refractivity (Wildman–Crippen MR) is 102 cm³/mol. The van der Waals surface area contributed by atoms with Gasteiger partial charge in [-0.3, -0.25) is 4.79 Å². The van der Waals surface area contributed by atoms with E-state index in [1.807, 2.05) is 31.2 Å². The summed E-state index contributed by atoms with van der Waals surface area (Å²) < 4.78 is 33.4. The Bertz CT molecular complexity index is 826. The quantitative estimate of drug-likeness (QED) is 0.637. The first kappa shape index (κ1) is 20.5. The molecule has 1 aromatic heterocycles. The van der Waals surface area contributed by atoms with Crippen LogP contribution in [0.15, 0.2) is 58.2 Å². The lowest BCUT2D eigenvalue weighted by Crippen LogP contribution is -2.47. The number of hydrogen-bond donors (Lipinski definition) is 1. The zero-order chi connectivity index (χ0) is 19.2. The highest BCUT2D eigenvalue weighted by Gasteiger charge is 2.33. The van der Waals surface area contributed by atoms with Crippen LogP contribution in [-0.4, -0.2) is 32.5 Å². The number of benzene rings is 1. The molecule has 0 amide bonds. The largest absolute Gasteiger partial charge is 0.468 e. The van der Waals surface area contributed by atoms with Crippen molar-refractivity contribution < 1.29 is 17.9 Å². The number of halogens is 1. The third-order valence-corrected chi connectivity index (χ3v) is 5.94. The summed E-state index contributed by atoms with van der Waals surface area (Å²) in [6.45, 7) is 1.91. The highest BCUT2D eigenvalue weighted by molar-refractivity contribution is 9.10. The van der Waals surface area contributed by atoms with Gasteiger partial charge in [0.2, 0.25) is 0 Å². The average molecular weight is 441 g/mol. The van der Waals surface area contributed by atoms with Crippen molar-refractivity contribution in [2.24, 2.45) is 5.92 Å². The molecule has 0 spiro atoms. The summed E-state index contributed by atoms with van der Waals surface area (Å²) in [7, 11) is -2.69. The van der Waals surface area contributed by atoms with Crippen molar-refractivity contribution in [3.05, 3.63) is 58.7 Å². The van der Waals surface area contributed by atoms with Gasteiger partial charge in [-0.05, 0) is 42.2 Å². The van der Waals surface area contributed by atoms with Crippen LogP contribution in [0.1, 0.15) is 18.9 Å². The number of carbonyl (C=O) groups is 1. The monoisotopic (exact) mass is 440 g/mol. The summed E-state index contributed by atoms with van der Waals surface area (Å²) in [5.41, 5.74) is 1.01. The summed E-state index contributed by atoms with van der Waals surface area (Å²) >= 11 is 3.39. The molecule has 0 unspecified atom stereocenters. The molecule has 8 heteroatoms. The van der Waals surface area contributed by atoms with E-state index >= 15 is 0 Å². The van der Waals surface area contributed by atoms with Gasteiger partial charge in [-0.1, -0.05) is 47.5 Å². The van der Waals surface area contributed by atoms with E-state index < -0.39 is 22.0 Å². The van der Waals surface area contributed by atoms with Gasteiger partial charge in [0.15, 0.2) is 5.03 Å². The number of sulfonamides is 1. The Kier molecular flexibility index (Phi) is 7.31. The molecule has 0 radical (unpaired) electrons. The Morgan fingerprint density at radius 3 is 2.46 bits per heavy atom. The number of rotatable bonds is 8. The fourth-order valence-corrected chi connectivity index (χ4v) is 4.08. The molecule has 0 aliphatic carbocycles. The van der Waals surface area contributed by atoms with Crippen molar-refractivity contribution in [3.8, 4) is 0 Å². The molecule has 0 saturated carbocycles. The number of nitrogens with zero attached hydrogens (tertiary/aromatic N) is 1. The fraction of sp³-hybridized carbons (Fsp3) is 0.333. The van der Waals surface area contributed by atoms with Crippen LogP contribution < -0.4 is 4.72 Å². The number of hydrogen-bond acceptors (Lipinski definition) is 5. The van der Waals surface area contributed by atoms with Crippen LogP contribution in [0, 0.1) is 5.92 Å². The van der Waals surface area contributed by atoms with Crippen molar-refractivity contribution in [2.45, 2.75) is 30.8 Å². The highest BCUT2D eigenvalue weighted by atomic mass is 79.9. The number of pyridine rings is 1. The zero-order valence-corrected chi connectivity index (χ0v) is 17.0. The Balaban J connectivity index is 2.27. The maximum atomic E-state index is 12.6. The molecule has 0 fully saturated rings. The molecule has 0 aliphatic rings. The Morgan fingerprint density at radius 1 is 1.23 bits per heavy atom. The molecule has 6 nitrogen and oxygen atoms in total. The van der Waals surface area contributed by atoms with E-state index in [0.717, 1.165) is 10.0 Å². The van der Waals surface area contributed by atoms with Gasteiger partial charge in [0.1, 0.15) is 6.04 Å². The number of methoxy groups -OCH3 is 1. The van der Waals surface area contributed by atoms with Crippen molar-refractivity contribution in [1.29, 1.82) is 0 Å². The maximum Gasteiger partial charge on any atom is 0.324 e. The van der Waals surface area contributed by atoms with Crippen LogP contribution in [0.5, 0.6) is 0 Å². The van der Waals surface area contributed by atoms with Crippen LogP contribution in [0.2, 0.25) is 0 Å². The van der Waals surface area contributed by atoms with Crippen molar-refractivity contribution in [3.63, 3.8) is 0 Å². The Hall–Kier alpha value is -1.77. The molecule has 0 aliphatic heterocycles. The normalized spacial score (nSPS) is 13.8. The first-order chi connectivity index (χ1) is 12.4. The van der Waals surface area contributed by atoms with E-state index in [0.29, 0.717) is 12.8 Å². The molecule has 140 valence electrons. The first-order valence-corrected chi connectivity index (χ1v) is 10.4. The first-order valence-electron chi connectivity index (χ1n) is 8.13. The third-order valence-electron chi connectivity index (χ3n) is 4.06. The average Bonchev–Trinajstić information content (AvgIpc) is 2.66. The molecular weight excluding hydrogens is 420 g/mol. The van der Waals surface area contributed by atoms with E-state index in [2.05, 4.69) is 25.6 Å². The van der Waals surface area contributed by atoms with Gasteiger partial charge in [-0.25, -0.2) is 13.4 Å². The van der Waals surface area contributed by atoms with Crippen LogP contribution in [0.3, 0.4) is 0 Å². The van der Waals surface area contributed by atoms with Gasteiger partial charge >= 0.3 is 5.97 Å². The lowest BCUT2D eigenvalue weighted by atomic mass is 9.90. The zero-order valence-electron chi connectivity index (χ0n) is 14.6. The highest BCUT2D eigenvalue weighted by Crippen LogP contribution is 2.21. The van der Waals surface area contributed by atoms with Gasteiger partial charge < -0.3 is 4.74 Å². The molecule has 2 aromatic rings. The minimum Gasteiger partial charge on any atom is -0.468 e. The molecule has 1 N–H and O–H groups in total. The number of ether oxygens (including phenoxy) is 1. The Labute approximate surface area is 162 Å². The van der Waals surface area contributed by atoms with Gasteiger partial charge in [-0.2, -0.15) is 4.72 Å². The second-order valence-electron chi connectivity index (χ2n) is 5.79. The smallest absolute Gasteiger partial charge is 0.324 e. The van der Waals surface area contributed by atoms with Crippen molar-refractivity contribution in [1.82, 2.24) is 9.71 Å². The standard InChI is InChI=1S/C18H21BrN2O4S/c1-3-14(12-13-7-9-15(19)10-8-13)17(18(22)25-2)21-26(23,24)16-6-4-5-11-20-16/h4-11,14,17,21H,3,12H2,1-2H3/t14-,17-/m0/s1. The van der Waals surface area contributed by atoms with E-state index in [9.17, 15) is 13.2 Å². The fourth-order valence-electron chi connectivity index (χ4n) is 2.62. The summed E-state index contributed by atoms with van der Waals surface area (Å²) in [5.74, 6) is -0.879. The lowest BCUT2D eigenvalue weighted by molar-refractivity contribution is -0.144. The number of nitrogens with one attached hydrogen (secondary N) is 1. The second-order valence-corrected chi connectivity index (χ2v) is 8.37. The van der Waals surface area contributed by atoms with Crippen LogP contribution in [-0.2, 0) is 26.0 Å². The number of esters is 1. The van der Waals surface area contributed by atoms with E-state index in [1.165, 1.54) is 19.4 Å². The van der Waals surface area contributed by atoms with Crippen LogP contribution in [0.25, 0.3) is 0 Å². The van der Waals surface area contributed by atoms with Gasteiger partial charge in [0, 0.05) is 10.7 Å². The molecule has 1 heterocycles. The number of aromatic nitrogens is 1. The third kappa shape index (κ3) is 5.36. The summed E-state index contributed by atoms with van der Waals surface area (Å²) in [6, 6.07) is 11.3. The predicted octanol–water partition coefficient (Wildman–Crippen LogP) is 2.93. The summed E-state index contributed by atoms with van der Waals surface area (Å²) in [5, 5.41) is -0.132. The minimum absolute atomic E-state index is 0.132. The molecule has 0 bridgehead atoms. The van der Waals surface area contributed by atoms with Crippen LogP contribution >= 0.6 is 15.9 Å². The lowest BCUT2D eigenvalue weighted by Gasteiger charge is -2.25. The maximum absolute atomic E-state index is 12.6. The van der Waals surface area contributed by atoms with Gasteiger partial charge in [-0.15, -0.1) is 0 Å².